The van der Waals surface area contributed by atoms with E-state index in [4.69, 9.17) is 5.73 Å². The molecule has 3 nitrogen and oxygen atoms in total. The summed E-state index contributed by atoms with van der Waals surface area (Å²) in [6.07, 6.45) is 6.19. The molecule has 0 saturated heterocycles. The van der Waals surface area contributed by atoms with Crippen molar-refractivity contribution in [2.75, 3.05) is 24.2 Å². The Balaban J connectivity index is 2.19. The molecular formula is C10H14BrN3. The molecule has 1 saturated carbocycles. The Labute approximate surface area is 92.4 Å². The van der Waals surface area contributed by atoms with Crippen LogP contribution in [-0.2, 0) is 0 Å². The Morgan fingerprint density at radius 3 is 2.86 bits per heavy atom. The summed E-state index contributed by atoms with van der Waals surface area (Å²) >= 11 is 3.47. The summed E-state index contributed by atoms with van der Waals surface area (Å²) in [5.74, 6) is 0.861. The number of nitrogen functional groups attached to an aromatic ring is 1. The molecule has 0 unspecified atom stereocenters. The molecule has 1 aromatic heterocycles. The number of pyridine rings is 1. The number of hydrogen-bond acceptors (Lipinski definition) is 3. The van der Waals surface area contributed by atoms with Crippen LogP contribution in [0.1, 0.15) is 12.8 Å². The van der Waals surface area contributed by atoms with Gasteiger partial charge in [0.15, 0.2) is 0 Å². The van der Waals surface area contributed by atoms with Crippen LogP contribution in [0.5, 0.6) is 0 Å². The average Bonchev–Trinajstić information content (AvgIpc) is 2.87. The first-order chi connectivity index (χ1) is 6.68. The number of hydrogen-bond donors (Lipinski definition) is 1. The Morgan fingerprint density at radius 1 is 1.57 bits per heavy atom. The van der Waals surface area contributed by atoms with E-state index in [1.165, 1.54) is 12.8 Å². The second-order valence-electron chi connectivity index (χ2n) is 3.88. The lowest BCUT2D eigenvalue weighted by molar-refractivity contribution is 0.786. The van der Waals surface area contributed by atoms with E-state index in [1.807, 2.05) is 0 Å². The summed E-state index contributed by atoms with van der Waals surface area (Å²) < 4.78 is 0.973. The molecule has 0 amide bonds. The van der Waals surface area contributed by atoms with Crippen LogP contribution >= 0.6 is 15.9 Å². The number of anilines is 2. The van der Waals surface area contributed by atoms with Gasteiger partial charge in [-0.3, -0.25) is 4.98 Å². The summed E-state index contributed by atoms with van der Waals surface area (Å²) in [7, 11) is 2.08. The van der Waals surface area contributed by atoms with Crippen molar-refractivity contribution >= 4 is 27.3 Å². The fourth-order valence-electron chi connectivity index (χ4n) is 1.62. The van der Waals surface area contributed by atoms with E-state index in [0.29, 0.717) is 0 Å². The van der Waals surface area contributed by atoms with Crippen molar-refractivity contribution in [3.63, 3.8) is 0 Å². The first kappa shape index (κ1) is 9.77. The van der Waals surface area contributed by atoms with Gasteiger partial charge in [-0.1, -0.05) is 0 Å². The third-order valence-electron chi connectivity index (χ3n) is 2.51. The minimum Gasteiger partial charge on any atom is -0.396 e. The maximum Gasteiger partial charge on any atom is 0.0773 e. The maximum absolute atomic E-state index is 5.88. The average molecular weight is 256 g/mol. The lowest BCUT2D eigenvalue weighted by atomic mass is 10.3. The molecule has 14 heavy (non-hydrogen) atoms. The van der Waals surface area contributed by atoms with Gasteiger partial charge in [0.05, 0.1) is 22.0 Å². The first-order valence-corrected chi connectivity index (χ1v) is 5.58. The molecule has 0 spiro atoms. The highest BCUT2D eigenvalue weighted by atomic mass is 79.9. The quantitative estimate of drug-likeness (QED) is 0.902. The van der Waals surface area contributed by atoms with E-state index in [2.05, 4.69) is 32.9 Å². The van der Waals surface area contributed by atoms with Crippen molar-refractivity contribution in [3.05, 3.63) is 16.9 Å². The van der Waals surface area contributed by atoms with Crippen molar-refractivity contribution in [1.29, 1.82) is 0 Å². The number of nitrogens with zero attached hydrogens (tertiary/aromatic N) is 2. The fraction of sp³-hybridized carbons (Fsp3) is 0.500. The summed E-state index contributed by atoms with van der Waals surface area (Å²) in [6.45, 7) is 1.09. The lowest BCUT2D eigenvalue weighted by Crippen LogP contribution is -2.21. The lowest BCUT2D eigenvalue weighted by Gasteiger charge is -2.21. The zero-order valence-corrected chi connectivity index (χ0v) is 9.79. The zero-order chi connectivity index (χ0) is 10.1. The van der Waals surface area contributed by atoms with Crippen LogP contribution in [0.15, 0.2) is 16.9 Å². The number of aromatic nitrogens is 1. The van der Waals surface area contributed by atoms with Crippen molar-refractivity contribution in [2.24, 2.45) is 5.92 Å². The first-order valence-electron chi connectivity index (χ1n) is 4.78. The van der Waals surface area contributed by atoms with E-state index < -0.39 is 0 Å². The van der Waals surface area contributed by atoms with Crippen LogP contribution < -0.4 is 10.6 Å². The van der Waals surface area contributed by atoms with Crippen LogP contribution in [-0.4, -0.2) is 18.6 Å². The van der Waals surface area contributed by atoms with Crippen LogP contribution in [0.2, 0.25) is 0 Å². The van der Waals surface area contributed by atoms with Crippen molar-refractivity contribution in [2.45, 2.75) is 12.8 Å². The second-order valence-corrected chi connectivity index (χ2v) is 4.74. The van der Waals surface area contributed by atoms with Gasteiger partial charge in [-0.2, -0.15) is 0 Å². The van der Waals surface area contributed by atoms with Crippen LogP contribution in [0.3, 0.4) is 0 Å². The molecule has 0 aromatic carbocycles. The van der Waals surface area contributed by atoms with Crippen LogP contribution in [0.4, 0.5) is 11.4 Å². The molecule has 1 aliphatic carbocycles. The van der Waals surface area contributed by atoms with Crippen molar-refractivity contribution in [3.8, 4) is 0 Å². The minimum absolute atomic E-state index is 0.738. The van der Waals surface area contributed by atoms with Crippen molar-refractivity contribution in [1.82, 2.24) is 4.98 Å². The molecule has 0 radical (unpaired) electrons. The zero-order valence-electron chi connectivity index (χ0n) is 8.20. The van der Waals surface area contributed by atoms with Gasteiger partial charge in [0.1, 0.15) is 0 Å². The molecule has 1 aliphatic rings. The molecule has 0 bridgehead atoms. The molecule has 4 heteroatoms. The van der Waals surface area contributed by atoms with E-state index in [-0.39, 0.29) is 0 Å². The molecular weight excluding hydrogens is 242 g/mol. The Morgan fingerprint density at radius 2 is 2.29 bits per heavy atom. The number of halogens is 1. The minimum atomic E-state index is 0.738. The van der Waals surface area contributed by atoms with Gasteiger partial charge in [-0.05, 0) is 34.7 Å². The van der Waals surface area contributed by atoms with Gasteiger partial charge in [-0.25, -0.2) is 0 Å². The maximum atomic E-state index is 5.88. The topological polar surface area (TPSA) is 42.1 Å². The Bertz CT molecular complexity index is 316. The van der Waals surface area contributed by atoms with Gasteiger partial charge in [-0.15, -0.1) is 0 Å². The number of nitrogens with two attached hydrogens (primary N) is 1. The van der Waals surface area contributed by atoms with Gasteiger partial charge in [0, 0.05) is 19.8 Å². The normalized spacial score (nSPS) is 15.6. The molecule has 1 aromatic rings. The van der Waals surface area contributed by atoms with Crippen molar-refractivity contribution < 1.29 is 0 Å². The second kappa shape index (κ2) is 3.77. The van der Waals surface area contributed by atoms with Gasteiger partial charge in [0.25, 0.3) is 0 Å². The standard InChI is InChI=1S/C10H14BrN3/c1-14(6-7-2-3-7)10-8(11)4-13-5-9(10)12/h4-5,7H,2-3,6,12H2,1H3. The summed E-state index contributed by atoms with van der Waals surface area (Å²) in [5.41, 5.74) is 7.68. The predicted octanol–water partition coefficient (Wildman–Crippen LogP) is 2.27. The van der Waals surface area contributed by atoms with Gasteiger partial charge >= 0.3 is 0 Å². The van der Waals surface area contributed by atoms with Gasteiger partial charge in [0.2, 0.25) is 0 Å². The summed E-state index contributed by atoms with van der Waals surface area (Å²) in [4.78, 5) is 6.23. The van der Waals surface area contributed by atoms with Gasteiger partial charge < -0.3 is 10.6 Å². The molecule has 0 atom stereocenters. The highest BCUT2D eigenvalue weighted by molar-refractivity contribution is 9.10. The third kappa shape index (κ3) is 2.00. The van der Waals surface area contributed by atoms with E-state index in [0.717, 1.165) is 28.3 Å². The highest BCUT2D eigenvalue weighted by Gasteiger charge is 2.24. The SMILES string of the molecule is CN(CC1CC1)c1c(N)cncc1Br. The monoisotopic (exact) mass is 255 g/mol. The molecule has 2 rings (SSSR count). The fourth-order valence-corrected chi connectivity index (χ4v) is 2.27. The highest BCUT2D eigenvalue weighted by Crippen LogP contribution is 2.35. The Hall–Kier alpha value is -0.770. The molecule has 0 aliphatic heterocycles. The van der Waals surface area contributed by atoms with E-state index in [9.17, 15) is 0 Å². The van der Waals surface area contributed by atoms with E-state index in [1.54, 1.807) is 12.4 Å². The molecule has 1 heterocycles. The summed E-state index contributed by atoms with van der Waals surface area (Å²) in [5, 5.41) is 0. The molecule has 1 fully saturated rings. The third-order valence-corrected chi connectivity index (χ3v) is 3.09. The summed E-state index contributed by atoms with van der Waals surface area (Å²) in [6, 6.07) is 0. The number of rotatable bonds is 3. The predicted molar refractivity (Wildman–Crippen MR) is 62.3 cm³/mol. The smallest absolute Gasteiger partial charge is 0.0773 e. The van der Waals surface area contributed by atoms with Crippen LogP contribution in [0, 0.1) is 5.92 Å². The largest absolute Gasteiger partial charge is 0.396 e. The molecule has 2 N–H and O–H groups in total. The molecule has 76 valence electrons. The van der Waals surface area contributed by atoms with E-state index >= 15 is 0 Å². The van der Waals surface area contributed by atoms with Crippen LogP contribution in [0.25, 0.3) is 0 Å². The Kier molecular flexibility index (Phi) is 2.63.